The number of fused-ring (bicyclic) bond motifs is 1. The van der Waals surface area contributed by atoms with E-state index in [0.29, 0.717) is 44.6 Å². The first-order valence-corrected chi connectivity index (χ1v) is 9.97. The Kier molecular flexibility index (Phi) is 9.38. The Morgan fingerprint density at radius 1 is 1.20 bits per heavy atom. The second-order valence-electron chi connectivity index (χ2n) is 6.17. The number of thioether (sulfide) groups is 1. The van der Waals surface area contributed by atoms with Crippen molar-refractivity contribution in [3.63, 3.8) is 0 Å². The van der Waals surface area contributed by atoms with Gasteiger partial charge in [-0.15, -0.1) is 0 Å². The van der Waals surface area contributed by atoms with E-state index in [-0.39, 0.29) is 30.6 Å². The molecule has 0 bridgehead atoms. The van der Waals surface area contributed by atoms with Gasteiger partial charge in [-0.1, -0.05) is 6.42 Å². The number of amides is 3. The van der Waals surface area contributed by atoms with Gasteiger partial charge in [-0.2, -0.15) is 11.8 Å². The van der Waals surface area contributed by atoms with E-state index in [4.69, 9.17) is 14.6 Å². The number of hydrogen-bond donors (Lipinski definition) is 4. The predicted molar refractivity (Wildman–Crippen MR) is 95.7 cm³/mol. The fourth-order valence-electron chi connectivity index (χ4n) is 3.01. The minimum absolute atomic E-state index is 0.0161. The fourth-order valence-corrected chi connectivity index (χ4v) is 4.56. The van der Waals surface area contributed by atoms with E-state index in [1.54, 1.807) is 0 Å². The molecular weight excluding hydrogens is 346 g/mol. The fraction of sp³-hybridized carbons (Fsp3) is 0.875. The molecule has 9 heteroatoms. The zero-order chi connectivity index (χ0) is 17.9. The van der Waals surface area contributed by atoms with Crippen molar-refractivity contribution >= 4 is 23.7 Å². The number of carbonyl (C=O) groups is 2. The van der Waals surface area contributed by atoms with Gasteiger partial charge in [-0.05, 0) is 12.8 Å². The van der Waals surface area contributed by atoms with Crippen LogP contribution in [0, 0.1) is 0 Å². The van der Waals surface area contributed by atoms with Gasteiger partial charge in [-0.3, -0.25) is 4.79 Å². The quantitative estimate of drug-likeness (QED) is 0.263. The number of unbranched alkanes of at least 4 members (excludes halogenated alkanes) is 1. The lowest BCUT2D eigenvalue weighted by Crippen LogP contribution is -2.36. The summed E-state index contributed by atoms with van der Waals surface area (Å²) in [5.74, 6) is 1.02. The molecule has 0 aliphatic carbocycles. The van der Waals surface area contributed by atoms with Gasteiger partial charge in [0.1, 0.15) is 0 Å². The Balaban J connectivity index is 1.41. The van der Waals surface area contributed by atoms with Gasteiger partial charge in [0.25, 0.3) is 0 Å². The second kappa shape index (κ2) is 11.6. The Bertz CT molecular complexity index is 427. The third kappa shape index (κ3) is 7.39. The van der Waals surface area contributed by atoms with E-state index in [1.165, 1.54) is 0 Å². The lowest BCUT2D eigenvalue weighted by atomic mass is 10.0. The van der Waals surface area contributed by atoms with Crippen molar-refractivity contribution in [1.29, 1.82) is 0 Å². The number of aliphatic hydroxyl groups is 1. The highest BCUT2D eigenvalue weighted by Crippen LogP contribution is 2.33. The Morgan fingerprint density at radius 2 is 2.00 bits per heavy atom. The highest BCUT2D eigenvalue weighted by Gasteiger charge is 2.42. The van der Waals surface area contributed by atoms with Crippen molar-refractivity contribution in [3.05, 3.63) is 0 Å². The minimum Gasteiger partial charge on any atom is -0.394 e. The zero-order valence-electron chi connectivity index (χ0n) is 14.5. The average Bonchev–Trinajstić information content (AvgIpc) is 3.13. The third-order valence-electron chi connectivity index (χ3n) is 4.26. The summed E-state index contributed by atoms with van der Waals surface area (Å²) in [6.45, 7) is 2.21. The molecule has 0 saturated carbocycles. The lowest BCUT2D eigenvalue weighted by molar-refractivity contribution is -0.121. The largest absolute Gasteiger partial charge is 0.394 e. The van der Waals surface area contributed by atoms with Crippen LogP contribution in [-0.4, -0.2) is 79.7 Å². The summed E-state index contributed by atoms with van der Waals surface area (Å²) >= 11 is 1.90. The van der Waals surface area contributed by atoms with Gasteiger partial charge in [-0.25, -0.2) is 4.79 Å². The van der Waals surface area contributed by atoms with Gasteiger partial charge in [0.15, 0.2) is 0 Å². The van der Waals surface area contributed by atoms with Crippen LogP contribution < -0.4 is 16.0 Å². The van der Waals surface area contributed by atoms with E-state index >= 15 is 0 Å². The summed E-state index contributed by atoms with van der Waals surface area (Å²) in [5.41, 5.74) is 0. The van der Waals surface area contributed by atoms with Crippen molar-refractivity contribution in [2.24, 2.45) is 0 Å². The molecule has 2 saturated heterocycles. The highest BCUT2D eigenvalue weighted by molar-refractivity contribution is 8.00. The first kappa shape index (κ1) is 20.3. The van der Waals surface area contributed by atoms with Crippen molar-refractivity contribution in [2.45, 2.75) is 43.0 Å². The van der Waals surface area contributed by atoms with Crippen LogP contribution in [0.15, 0.2) is 0 Å². The first-order valence-electron chi connectivity index (χ1n) is 8.92. The van der Waals surface area contributed by atoms with Crippen molar-refractivity contribution in [1.82, 2.24) is 16.0 Å². The molecule has 2 aliphatic heterocycles. The summed E-state index contributed by atoms with van der Waals surface area (Å²) in [7, 11) is 0. The topological polar surface area (TPSA) is 109 Å². The minimum atomic E-state index is -0.0538. The number of hydrogen-bond acceptors (Lipinski definition) is 6. The molecule has 0 radical (unpaired) electrons. The summed E-state index contributed by atoms with van der Waals surface area (Å²) in [6.07, 6.45) is 3.40. The maximum atomic E-state index is 11.7. The molecule has 4 N–H and O–H groups in total. The molecule has 3 atom stereocenters. The first-order chi connectivity index (χ1) is 12.2. The van der Waals surface area contributed by atoms with Crippen molar-refractivity contribution in [3.8, 4) is 0 Å². The molecule has 2 fully saturated rings. The molecule has 2 heterocycles. The Morgan fingerprint density at radius 3 is 2.80 bits per heavy atom. The summed E-state index contributed by atoms with van der Waals surface area (Å²) in [5, 5.41) is 17.7. The number of carbonyl (C=O) groups excluding carboxylic acids is 2. The number of urea groups is 1. The molecule has 3 amide bonds. The van der Waals surface area contributed by atoms with E-state index in [0.717, 1.165) is 25.0 Å². The number of aliphatic hydroxyl groups excluding tert-OH is 1. The smallest absolute Gasteiger partial charge is 0.315 e. The maximum Gasteiger partial charge on any atom is 0.315 e. The molecule has 0 aromatic heterocycles. The van der Waals surface area contributed by atoms with Gasteiger partial charge in [0.05, 0.1) is 45.1 Å². The SMILES string of the molecule is O=C(CCCCC1SC[C@@H]2NC(=O)N[C@H]12)NCCOCCOCCO. The third-order valence-corrected chi connectivity index (χ3v) is 5.77. The highest BCUT2D eigenvalue weighted by atomic mass is 32.2. The molecule has 0 aromatic carbocycles. The van der Waals surface area contributed by atoms with Crippen LogP contribution in [0.2, 0.25) is 0 Å². The standard InChI is InChI=1S/C16H29N3O5S/c20-6-8-24-10-9-23-7-5-17-14(21)4-2-1-3-13-15-12(11-25-13)18-16(22)19-15/h12-13,15,20H,1-11H2,(H,17,21)(H2,18,19,22)/t12-,13?,15-/m0/s1. The van der Waals surface area contributed by atoms with Crippen molar-refractivity contribution < 1.29 is 24.2 Å². The van der Waals surface area contributed by atoms with Gasteiger partial charge >= 0.3 is 6.03 Å². The number of nitrogens with one attached hydrogen (secondary N) is 3. The Labute approximate surface area is 152 Å². The van der Waals surface area contributed by atoms with Crippen LogP contribution in [-0.2, 0) is 14.3 Å². The molecule has 0 spiro atoms. The van der Waals surface area contributed by atoms with Crippen LogP contribution in [0.1, 0.15) is 25.7 Å². The van der Waals surface area contributed by atoms with Gasteiger partial charge in [0.2, 0.25) is 5.91 Å². The van der Waals surface area contributed by atoms with Gasteiger partial charge < -0.3 is 30.5 Å². The summed E-state index contributed by atoms with van der Waals surface area (Å²) in [6, 6.07) is 0.450. The van der Waals surface area contributed by atoms with Crippen LogP contribution in [0.3, 0.4) is 0 Å². The molecule has 0 aromatic rings. The molecule has 8 nitrogen and oxygen atoms in total. The molecule has 1 unspecified atom stereocenters. The monoisotopic (exact) mass is 375 g/mol. The van der Waals surface area contributed by atoms with Crippen LogP contribution in [0.5, 0.6) is 0 Å². The van der Waals surface area contributed by atoms with Crippen LogP contribution >= 0.6 is 11.8 Å². The number of rotatable bonds is 13. The molecule has 2 rings (SSSR count). The second-order valence-corrected chi connectivity index (χ2v) is 7.44. The molecule has 144 valence electrons. The summed E-state index contributed by atoms with van der Waals surface area (Å²) in [4.78, 5) is 23.1. The molecule has 25 heavy (non-hydrogen) atoms. The predicted octanol–water partition coefficient (Wildman–Crippen LogP) is -0.146. The van der Waals surface area contributed by atoms with E-state index < -0.39 is 0 Å². The van der Waals surface area contributed by atoms with Crippen molar-refractivity contribution in [2.75, 3.05) is 45.3 Å². The average molecular weight is 375 g/mol. The molecular formula is C16H29N3O5S. The van der Waals surface area contributed by atoms with Gasteiger partial charge in [0, 0.05) is 24.0 Å². The molecule has 2 aliphatic rings. The summed E-state index contributed by atoms with van der Waals surface area (Å²) < 4.78 is 10.4. The van der Waals surface area contributed by atoms with E-state index in [2.05, 4.69) is 16.0 Å². The maximum absolute atomic E-state index is 11.7. The van der Waals surface area contributed by atoms with E-state index in [9.17, 15) is 9.59 Å². The van der Waals surface area contributed by atoms with Crippen LogP contribution in [0.25, 0.3) is 0 Å². The number of ether oxygens (including phenoxy) is 2. The zero-order valence-corrected chi connectivity index (χ0v) is 15.3. The van der Waals surface area contributed by atoms with E-state index in [1.807, 2.05) is 11.8 Å². The lowest BCUT2D eigenvalue weighted by Gasteiger charge is -2.16. The Hall–Kier alpha value is -1.03. The normalized spacial score (nSPS) is 24.7. The van der Waals surface area contributed by atoms with Crippen LogP contribution in [0.4, 0.5) is 4.79 Å².